The van der Waals surface area contributed by atoms with Crippen LogP contribution in [0.2, 0.25) is 0 Å². The van der Waals surface area contributed by atoms with Crippen molar-refractivity contribution in [3.63, 3.8) is 0 Å². The predicted octanol–water partition coefficient (Wildman–Crippen LogP) is 3.33. The highest BCUT2D eigenvalue weighted by Gasteiger charge is 2.16. The Morgan fingerprint density at radius 3 is 2.53 bits per heavy atom. The summed E-state index contributed by atoms with van der Waals surface area (Å²) in [4.78, 5) is 0. The van der Waals surface area contributed by atoms with Gasteiger partial charge in [0, 0.05) is 5.56 Å². The van der Waals surface area contributed by atoms with Crippen molar-refractivity contribution >= 4 is 0 Å². The Morgan fingerprint density at radius 1 is 1.40 bits per heavy atom. The van der Waals surface area contributed by atoms with Gasteiger partial charge in [-0.25, -0.2) is 0 Å². The largest absolute Gasteiger partial charge is 0.496 e. The molecule has 1 unspecified atom stereocenters. The lowest BCUT2D eigenvalue weighted by Gasteiger charge is -2.16. The van der Waals surface area contributed by atoms with E-state index in [1.165, 1.54) is 5.56 Å². The number of nitriles is 1. The van der Waals surface area contributed by atoms with Gasteiger partial charge in [-0.05, 0) is 37.5 Å². The van der Waals surface area contributed by atoms with Gasteiger partial charge < -0.3 is 4.74 Å². The quantitative estimate of drug-likeness (QED) is 0.754. The molecule has 0 amide bonds. The lowest BCUT2D eigenvalue weighted by Crippen LogP contribution is -2.01. The lowest BCUT2D eigenvalue weighted by atomic mass is 9.91. The molecule has 0 radical (unpaired) electrons. The van der Waals surface area contributed by atoms with Crippen LogP contribution in [0.5, 0.6) is 5.75 Å². The first-order chi connectivity index (χ1) is 7.13. The van der Waals surface area contributed by atoms with Gasteiger partial charge in [0.25, 0.3) is 0 Å². The van der Waals surface area contributed by atoms with E-state index in [0.29, 0.717) is 0 Å². The Bertz CT molecular complexity index is 390. The molecule has 1 aromatic rings. The first-order valence-electron chi connectivity index (χ1n) is 5.18. The van der Waals surface area contributed by atoms with E-state index in [4.69, 9.17) is 10.00 Å². The minimum absolute atomic E-state index is 0.0689. The van der Waals surface area contributed by atoms with E-state index in [2.05, 4.69) is 12.1 Å². The molecule has 0 aliphatic carbocycles. The zero-order valence-electron chi connectivity index (χ0n) is 9.79. The molecule has 0 aliphatic heterocycles. The van der Waals surface area contributed by atoms with Gasteiger partial charge in [0.2, 0.25) is 0 Å². The van der Waals surface area contributed by atoms with Gasteiger partial charge in [-0.1, -0.05) is 13.0 Å². The molecule has 0 spiro atoms. The molecule has 0 aromatic heterocycles. The summed E-state index contributed by atoms with van der Waals surface area (Å²) >= 11 is 0. The van der Waals surface area contributed by atoms with Crippen LogP contribution in [0.3, 0.4) is 0 Å². The van der Waals surface area contributed by atoms with E-state index >= 15 is 0 Å². The standard InChI is InChI=1S/C13H17NO/c1-5-11(8-14)13-10(3)6-9(2)7-12(13)15-4/h6-7,11H,5H2,1-4H3. The number of hydrogen-bond acceptors (Lipinski definition) is 2. The first-order valence-corrected chi connectivity index (χ1v) is 5.18. The number of benzene rings is 1. The SMILES string of the molecule is CCC(C#N)c1c(C)cc(C)cc1OC. The highest BCUT2D eigenvalue weighted by molar-refractivity contribution is 5.47. The monoisotopic (exact) mass is 203 g/mol. The van der Waals surface area contributed by atoms with Gasteiger partial charge in [0.1, 0.15) is 5.75 Å². The lowest BCUT2D eigenvalue weighted by molar-refractivity contribution is 0.407. The fourth-order valence-corrected chi connectivity index (χ4v) is 1.92. The van der Waals surface area contributed by atoms with Crippen molar-refractivity contribution in [3.8, 4) is 11.8 Å². The molecule has 80 valence electrons. The molecule has 0 saturated heterocycles. The predicted molar refractivity (Wildman–Crippen MR) is 61.1 cm³/mol. The Labute approximate surface area is 91.5 Å². The molecule has 0 aliphatic rings. The Hall–Kier alpha value is -1.49. The molecule has 1 atom stereocenters. The molecule has 0 heterocycles. The highest BCUT2D eigenvalue weighted by Crippen LogP contribution is 2.32. The summed E-state index contributed by atoms with van der Waals surface area (Å²) in [6, 6.07) is 6.41. The fourth-order valence-electron chi connectivity index (χ4n) is 1.92. The molecule has 15 heavy (non-hydrogen) atoms. The molecule has 0 saturated carbocycles. The second-order valence-electron chi connectivity index (χ2n) is 3.79. The van der Waals surface area contributed by atoms with Crippen LogP contribution in [0.25, 0.3) is 0 Å². The van der Waals surface area contributed by atoms with Gasteiger partial charge in [0.05, 0.1) is 19.1 Å². The van der Waals surface area contributed by atoms with Crippen molar-refractivity contribution in [2.75, 3.05) is 7.11 Å². The molecular formula is C13H17NO. The van der Waals surface area contributed by atoms with E-state index in [-0.39, 0.29) is 5.92 Å². The van der Waals surface area contributed by atoms with Crippen LogP contribution in [0.4, 0.5) is 0 Å². The highest BCUT2D eigenvalue weighted by atomic mass is 16.5. The smallest absolute Gasteiger partial charge is 0.123 e. The summed E-state index contributed by atoms with van der Waals surface area (Å²) in [5, 5.41) is 9.09. The van der Waals surface area contributed by atoms with E-state index in [1.807, 2.05) is 26.8 Å². The topological polar surface area (TPSA) is 33.0 Å². The second-order valence-corrected chi connectivity index (χ2v) is 3.79. The van der Waals surface area contributed by atoms with E-state index in [0.717, 1.165) is 23.3 Å². The summed E-state index contributed by atoms with van der Waals surface area (Å²) in [6.07, 6.45) is 0.816. The first kappa shape index (κ1) is 11.6. The normalized spacial score (nSPS) is 11.9. The zero-order valence-corrected chi connectivity index (χ0v) is 9.79. The molecule has 0 fully saturated rings. The van der Waals surface area contributed by atoms with Gasteiger partial charge in [0.15, 0.2) is 0 Å². The summed E-state index contributed by atoms with van der Waals surface area (Å²) in [7, 11) is 1.65. The van der Waals surface area contributed by atoms with E-state index in [9.17, 15) is 0 Å². The van der Waals surface area contributed by atoms with Crippen LogP contribution in [-0.2, 0) is 0 Å². The Kier molecular flexibility index (Phi) is 3.74. The number of aryl methyl sites for hydroxylation is 2. The van der Waals surface area contributed by atoms with E-state index in [1.54, 1.807) is 7.11 Å². The van der Waals surface area contributed by atoms with Crippen molar-refractivity contribution in [1.82, 2.24) is 0 Å². The van der Waals surface area contributed by atoms with Crippen LogP contribution in [0.15, 0.2) is 12.1 Å². The molecule has 1 aromatic carbocycles. The van der Waals surface area contributed by atoms with Crippen LogP contribution in [-0.4, -0.2) is 7.11 Å². The molecule has 2 nitrogen and oxygen atoms in total. The van der Waals surface area contributed by atoms with Crippen molar-refractivity contribution in [1.29, 1.82) is 5.26 Å². The summed E-state index contributed by atoms with van der Waals surface area (Å²) in [5.74, 6) is 0.765. The average molecular weight is 203 g/mol. The fraction of sp³-hybridized carbons (Fsp3) is 0.462. The summed E-state index contributed by atoms with van der Waals surface area (Å²) in [6.45, 7) is 6.09. The minimum atomic E-state index is -0.0689. The number of ether oxygens (including phenoxy) is 1. The number of hydrogen-bond donors (Lipinski definition) is 0. The van der Waals surface area contributed by atoms with Crippen LogP contribution in [0, 0.1) is 25.2 Å². The second kappa shape index (κ2) is 4.84. The van der Waals surface area contributed by atoms with Crippen molar-refractivity contribution < 1.29 is 4.74 Å². The van der Waals surface area contributed by atoms with Gasteiger partial charge in [-0.15, -0.1) is 0 Å². The molecule has 2 heteroatoms. The Balaban J connectivity index is 3.33. The Morgan fingerprint density at radius 2 is 2.07 bits per heavy atom. The van der Waals surface area contributed by atoms with Crippen LogP contribution >= 0.6 is 0 Å². The third-order valence-corrected chi connectivity index (χ3v) is 2.63. The van der Waals surface area contributed by atoms with Gasteiger partial charge >= 0.3 is 0 Å². The molecule has 0 N–H and O–H groups in total. The molecule has 1 rings (SSSR count). The summed E-state index contributed by atoms with van der Waals surface area (Å²) < 4.78 is 5.34. The maximum Gasteiger partial charge on any atom is 0.123 e. The van der Waals surface area contributed by atoms with E-state index < -0.39 is 0 Å². The maximum absolute atomic E-state index is 9.09. The maximum atomic E-state index is 9.09. The van der Waals surface area contributed by atoms with Gasteiger partial charge in [-0.2, -0.15) is 5.26 Å². The number of methoxy groups -OCH3 is 1. The average Bonchev–Trinajstić information content (AvgIpc) is 2.21. The molecule has 0 bridgehead atoms. The van der Waals surface area contributed by atoms with Crippen molar-refractivity contribution in [2.24, 2.45) is 0 Å². The minimum Gasteiger partial charge on any atom is -0.496 e. The van der Waals surface area contributed by atoms with Gasteiger partial charge in [-0.3, -0.25) is 0 Å². The number of nitrogens with zero attached hydrogens (tertiary/aromatic N) is 1. The zero-order chi connectivity index (χ0) is 11.4. The summed E-state index contributed by atoms with van der Waals surface area (Å²) in [5.41, 5.74) is 3.34. The number of rotatable bonds is 3. The third-order valence-electron chi connectivity index (χ3n) is 2.63. The van der Waals surface area contributed by atoms with Crippen LogP contribution in [0.1, 0.15) is 36.0 Å². The van der Waals surface area contributed by atoms with Crippen molar-refractivity contribution in [2.45, 2.75) is 33.1 Å². The van der Waals surface area contributed by atoms with Crippen molar-refractivity contribution in [3.05, 3.63) is 28.8 Å². The van der Waals surface area contributed by atoms with Crippen LogP contribution < -0.4 is 4.74 Å². The third kappa shape index (κ3) is 2.30. The molecular weight excluding hydrogens is 186 g/mol.